The molecule has 0 aromatic heterocycles. The van der Waals surface area contributed by atoms with Crippen LogP contribution in [0.4, 0.5) is 11.4 Å². The monoisotopic (exact) mass is 237 g/mol. The first-order valence-electron chi connectivity index (χ1n) is 6.40. The van der Waals surface area contributed by atoms with E-state index in [4.69, 9.17) is 0 Å². The third-order valence-corrected chi connectivity index (χ3v) is 3.96. The summed E-state index contributed by atoms with van der Waals surface area (Å²) in [6.45, 7) is 0. The molecule has 0 N–H and O–H groups in total. The summed E-state index contributed by atoms with van der Waals surface area (Å²) < 4.78 is 0. The van der Waals surface area contributed by atoms with Crippen molar-refractivity contribution in [3.63, 3.8) is 0 Å². The minimum Gasteiger partial charge on any atom is -0.348 e. The van der Waals surface area contributed by atoms with E-state index in [1.54, 1.807) is 0 Å². The number of nitrogens with zero attached hydrogens (tertiary/aromatic N) is 3. The molecule has 0 fully saturated rings. The van der Waals surface area contributed by atoms with Crippen LogP contribution in [0.1, 0.15) is 12.8 Å². The lowest BCUT2D eigenvalue weighted by atomic mass is 9.99. The van der Waals surface area contributed by atoms with Crippen LogP contribution in [0.5, 0.6) is 0 Å². The molecule has 0 radical (unpaired) electrons. The van der Waals surface area contributed by atoms with Gasteiger partial charge in [-0.3, -0.25) is 0 Å². The Kier molecular flexibility index (Phi) is 1.92. The quantitative estimate of drug-likeness (QED) is 0.691. The Morgan fingerprint density at radius 2 is 2.06 bits per heavy atom. The van der Waals surface area contributed by atoms with E-state index in [2.05, 4.69) is 58.3 Å². The minimum absolute atomic E-state index is 0.284. The maximum absolute atomic E-state index is 4.63. The van der Waals surface area contributed by atoms with Gasteiger partial charge in [-0.15, -0.1) is 0 Å². The van der Waals surface area contributed by atoms with Gasteiger partial charge >= 0.3 is 0 Å². The number of hydrogen-bond acceptors (Lipinski definition) is 3. The van der Waals surface area contributed by atoms with Gasteiger partial charge in [0, 0.05) is 18.3 Å². The van der Waals surface area contributed by atoms with Crippen LogP contribution >= 0.6 is 0 Å². The highest BCUT2D eigenvalue weighted by atomic mass is 15.4. The molecular formula is C15H15N3. The number of para-hydroxylation sites is 2. The maximum Gasteiger partial charge on any atom is 0.135 e. The van der Waals surface area contributed by atoms with E-state index in [-0.39, 0.29) is 6.17 Å². The largest absolute Gasteiger partial charge is 0.348 e. The number of aliphatic imine (C=N–C) groups is 1. The first kappa shape index (κ1) is 9.95. The van der Waals surface area contributed by atoms with E-state index in [0.717, 1.165) is 12.8 Å². The van der Waals surface area contributed by atoms with Gasteiger partial charge in [0.25, 0.3) is 0 Å². The molecule has 2 aliphatic heterocycles. The zero-order valence-electron chi connectivity index (χ0n) is 10.4. The van der Waals surface area contributed by atoms with Crippen LogP contribution in [-0.4, -0.2) is 19.6 Å². The fourth-order valence-electron chi connectivity index (χ4n) is 3.09. The van der Waals surface area contributed by atoms with E-state index in [1.807, 2.05) is 6.34 Å². The number of anilines is 2. The summed E-state index contributed by atoms with van der Waals surface area (Å²) in [6, 6.07) is 8.52. The number of benzene rings is 1. The van der Waals surface area contributed by atoms with Gasteiger partial charge < -0.3 is 9.80 Å². The van der Waals surface area contributed by atoms with E-state index < -0.39 is 0 Å². The Balaban J connectivity index is 1.88. The standard InChI is InChI=1S/C15H15N3/c1-17-13-8-4-5-9-14(13)18-10-16-12-7-3-2-6-11(12)15(17)18/h2,4-6,8-10,15H,3,7H2,1H3. The molecule has 1 atom stereocenters. The predicted molar refractivity (Wildman–Crippen MR) is 75.0 cm³/mol. The highest BCUT2D eigenvalue weighted by Gasteiger charge is 2.37. The van der Waals surface area contributed by atoms with Crippen LogP contribution in [0.3, 0.4) is 0 Å². The lowest BCUT2D eigenvalue weighted by Gasteiger charge is -2.33. The molecule has 1 aromatic rings. The van der Waals surface area contributed by atoms with E-state index in [0.29, 0.717) is 0 Å². The van der Waals surface area contributed by atoms with Crippen molar-refractivity contribution in [1.29, 1.82) is 0 Å². The summed E-state index contributed by atoms with van der Waals surface area (Å²) >= 11 is 0. The fourth-order valence-corrected chi connectivity index (χ4v) is 3.09. The third-order valence-electron chi connectivity index (χ3n) is 3.96. The number of fused-ring (bicyclic) bond motifs is 4. The molecule has 3 aliphatic rings. The van der Waals surface area contributed by atoms with Gasteiger partial charge in [-0.1, -0.05) is 24.3 Å². The second-order valence-electron chi connectivity index (χ2n) is 4.97. The summed E-state index contributed by atoms with van der Waals surface area (Å²) in [5.41, 5.74) is 5.13. The molecule has 0 saturated carbocycles. The third kappa shape index (κ3) is 1.16. The Labute approximate surface area is 107 Å². The van der Waals surface area contributed by atoms with Crippen LogP contribution in [0.2, 0.25) is 0 Å². The zero-order valence-corrected chi connectivity index (χ0v) is 10.4. The van der Waals surface area contributed by atoms with Gasteiger partial charge in [-0.05, 0) is 25.0 Å². The van der Waals surface area contributed by atoms with Gasteiger partial charge in [0.2, 0.25) is 0 Å². The molecule has 3 nitrogen and oxygen atoms in total. The molecule has 2 heterocycles. The van der Waals surface area contributed by atoms with Crippen LogP contribution in [0.25, 0.3) is 0 Å². The number of likely N-dealkylation sites (N-methyl/N-ethyl adjacent to an activating group) is 1. The lowest BCUT2D eigenvalue weighted by Crippen LogP contribution is -2.44. The molecule has 18 heavy (non-hydrogen) atoms. The maximum atomic E-state index is 4.63. The Bertz CT molecular complexity index is 598. The Morgan fingerprint density at radius 1 is 1.22 bits per heavy atom. The van der Waals surface area contributed by atoms with Gasteiger partial charge in [-0.2, -0.15) is 0 Å². The number of allylic oxidation sites excluding steroid dienone is 2. The number of hydrogen-bond donors (Lipinski definition) is 0. The van der Waals surface area contributed by atoms with Crippen LogP contribution in [0, 0.1) is 0 Å². The second kappa shape index (κ2) is 3.48. The summed E-state index contributed by atoms with van der Waals surface area (Å²) in [4.78, 5) is 9.24. The molecule has 3 heteroatoms. The Morgan fingerprint density at radius 3 is 2.94 bits per heavy atom. The van der Waals surface area contributed by atoms with Crippen LogP contribution in [-0.2, 0) is 0 Å². The highest BCUT2D eigenvalue weighted by Crippen LogP contribution is 2.43. The zero-order chi connectivity index (χ0) is 12.1. The van der Waals surface area contributed by atoms with Crippen molar-refractivity contribution in [2.24, 2.45) is 4.99 Å². The minimum atomic E-state index is 0.284. The second-order valence-corrected chi connectivity index (χ2v) is 4.97. The molecule has 1 unspecified atom stereocenters. The van der Waals surface area contributed by atoms with Crippen LogP contribution in [0.15, 0.2) is 52.7 Å². The molecule has 0 saturated heterocycles. The van der Waals surface area contributed by atoms with Crippen molar-refractivity contribution in [2.75, 3.05) is 16.8 Å². The topological polar surface area (TPSA) is 18.8 Å². The van der Waals surface area contributed by atoms with Crippen LogP contribution < -0.4 is 9.80 Å². The first-order chi connectivity index (χ1) is 8.86. The predicted octanol–water partition coefficient (Wildman–Crippen LogP) is 2.91. The van der Waals surface area contributed by atoms with E-state index in [1.165, 1.54) is 22.6 Å². The summed E-state index contributed by atoms with van der Waals surface area (Å²) in [6.07, 6.45) is 8.96. The van der Waals surface area contributed by atoms with Crippen molar-refractivity contribution >= 4 is 17.7 Å². The van der Waals surface area contributed by atoms with Crippen molar-refractivity contribution < 1.29 is 0 Å². The van der Waals surface area contributed by atoms with Crippen molar-refractivity contribution in [3.05, 3.63) is 47.7 Å². The average Bonchev–Trinajstić information content (AvgIpc) is 2.73. The molecule has 0 spiro atoms. The summed E-state index contributed by atoms with van der Waals surface area (Å²) in [7, 11) is 2.16. The van der Waals surface area contributed by atoms with Gasteiger partial charge in [0.15, 0.2) is 0 Å². The van der Waals surface area contributed by atoms with Gasteiger partial charge in [-0.25, -0.2) is 4.99 Å². The van der Waals surface area contributed by atoms with E-state index in [9.17, 15) is 0 Å². The first-order valence-corrected chi connectivity index (χ1v) is 6.40. The summed E-state index contributed by atoms with van der Waals surface area (Å²) in [5, 5.41) is 0. The molecule has 4 rings (SSSR count). The molecule has 1 aliphatic carbocycles. The molecular weight excluding hydrogens is 222 g/mol. The molecule has 90 valence electrons. The molecule has 0 amide bonds. The molecule has 1 aromatic carbocycles. The normalized spacial score (nSPS) is 24.2. The highest BCUT2D eigenvalue weighted by molar-refractivity contribution is 5.94. The average molecular weight is 237 g/mol. The van der Waals surface area contributed by atoms with Gasteiger partial charge in [0.1, 0.15) is 6.17 Å². The summed E-state index contributed by atoms with van der Waals surface area (Å²) in [5.74, 6) is 0. The molecule has 0 bridgehead atoms. The smallest absolute Gasteiger partial charge is 0.135 e. The SMILES string of the molecule is CN1c2ccccc2N2C=NC3=C(C=CCC3)C12. The lowest BCUT2D eigenvalue weighted by molar-refractivity contribution is 0.743. The van der Waals surface area contributed by atoms with Crippen molar-refractivity contribution in [2.45, 2.75) is 19.0 Å². The van der Waals surface area contributed by atoms with Crippen molar-refractivity contribution in [3.8, 4) is 0 Å². The van der Waals surface area contributed by atoms with Gasteiger partial charge in [0.05, 0.1) is 17.7 Å². The van der Waals surface area contributed by atoms with E-state index >= 15 is 0 Å². The van der Waals surface area contributed by atoms with Crippen molar-refractivity contribution in [1.82, 2.24) is 0 Å². The number of rotatable bonds is 0. The fraction of sp³-hybridized carbons (Fsp3) is 0.267. The Hall–Kier alpha value is -2.03.